The van der Waals surface area contributed by atoms with E-state index in [-0.39, 0.29) is 16.1 Å². The van der Waals surface area contributed by atoms with Crippen molar-refractivity contribution in [3.63, 3.8) is 0 Å². The van der Waals surface area contributed by atoms with Crippen LogP contribution in [0.2, 0.25) is 0 Å². The van der Waals surface area contributed by atoms with Crippen molar-refractivity contribution in [3.05, 3.63) is 0 Å². The lowest BCUT2D eigenvalue weighted by Crippen LogP contribution is -2.38. The van der Waals surface area contributed by atoms with Crippen LogP contribution >= 0.6 is 0 Å². The van der Waals surface area contributed by atoms with Gasteiger partial charge in [0, 0.05) is 0 Å². The first-order valence-electron chi connectivity index (χ1n) is 2.33. The number of carbonyl (C=O) groups excluding carboxylic acids is 1. The van der Waals surface area contributed by atoms with E-state index in [1.54, 1.807) is 6.92 Å². The summed E-state index contributed by atoms with van der Waals surface area (Å²) in [6, 6.07) is 0. The molecule has 48 valence electrons. The van der Waals surface area contributed by atoms with Crippen LogP contribution in [0.15, 0.2) is 0 Å². The van der Waals surface area contributed by atoms with Gasteiger partial charge in [-0.15, -0.1) is 0 Å². The molecule has 0 amide bonds. The van der Waals surface area contributed by atoms with Crippen molar-refractivity contribution in [1.29, 1.82) is 0 Å². The van der Waals surface area contributed by atoms with Crippen LogP contribution in [0.4, 0.5) is 0 Å². The highest BCUT2D eigenvalue weighted by Crippen LogP contribution is 1.94. The van der Waals surface area contributed by atoms with Crippen molar-refractivity contribution in [2.75, 3.05) is 12.5 Å². The average molecular weight is 134 g/mol. The summed E-state index contributed by atoms with van der Waals surface area (Å²) in [7, 11) is -0.0525. The van der Waals surface area contributed by atoms with E-state index in [1.165, 1.54) is 0 Å². The average Bonchev–Trinajstić information content (AvgIpc) is 1.64. The largest absolute Gasteiger partial charge is 0.545 e. The quantitative estimate of drug-likeness (QED) is 0.455. The Morgan fingerprint density at radius 2 is 2.00 bits per heavy atom. The summed E-state index contributed by atoms with van der Waals surface area (Å²) in [6.45, 7) is 1.67. The topological polar surface area (TPSA) is 40.1 Å². The molecule has 3 heteroatoms. The van der Waals surface area contributed by atoms with Crippen LogP contribution in [0.25, 0.3) is 0 Å². The molecular weight excluding hydrogens is 124 g/mol. The van der Waals surface area contributed by atoms with Crippen LogP contribution in [0.5, 0.6) is 0 Å². The Morgan fingerprint density at radius 1 is 1.62 bits per heavy atom. The molecule has 0 saturated carbocycles. The minimum absolute atomic E-state index is 0.0525. The molecule has 0 N–H and O–H groups in total. The van der Waals surface area contributed by atoms with Crippen molar-refractivity contribution < 1.29 is 9.90 Å². The van der Waals surface area contributed by atoms with Crippen molar-refractivity contribution in [2.45, 2.75) is 12.2 Å². The minimum atomic E-state index is -0.946. The normalized spacial score (nSPS) is 14.0. The first-order valence-corrected chi connectivity index (χ1v) is 4.43. The molecule has 2 nitrogen and oxygen atoms in total. The standard InChI is InChI=1S/C5H10O2S/c1-4(5(6)7)8(2)3/h4H,1-3H3. The third kappa shape index (κ3) is 2.21. The van der Waals surface area contributed by atoms with Gasteiger partial charge in [0.2, 0.25) is 0 Å². The number of hydrogen-bond acceptors (Lipinski definition) is 2. The van der Waals surface area contributed by atoms with Gasteiger partial charge >= 0.3 is 0 Å². The monoisotopic (exact) mass is 134 g/mol. The Bertz CT molecular complexity index is 90.4. The molecule has 0 aromatic heterocycles. The van der Waals surface area contributed by atoms with E-state index >= 15 is 0 Å². The number of carboxylic acid groups (broad SMARTS) is 1. The van der Waals surface area contributed by atoms with Gasteiger partial charge in [0.05, 0.1) is 18.5 Å². The fraction of sp³-hybridized carbons (Fsp3) is 0.800. The van der Waals surface area contributed by atoms with Crippen molar-refractivity contribution in [1.82, 2.24) is 0 Å². The van der Waals surface area contributed by atoms with Crippen molar-refractivity contribution in [3.8, 4) is 0 Å². The molecule has 0 rings (SSSR count). The molecule has 0 saturated heterocycles. The number of carbonyl (C=O) groups is 1. The SMILES string of the molecule is CC(C(=O)[O-])[S+](C)C. The molecule has 0 heterocycles. The minimum Gasteiger partial charge on any atom is -0.545 e. The van der Waals surface area contributed by atoms with Crippen LogP contribution < -0.4 is 5.11 Å². The lowest BCUT2D eigenvalue weighted by Gasteiger charge is -2.07. The number of aliphatic carboxylic acids is 1. The molecule has 1 atom stereocenters. The van der Waals surface area contributed by atoms with Gasteiger partial charge in [-0.3, -0.25) is 0 Å². The molecule has 0 aromatic carbocycles. The van der Waals surface area contributed by atoms with Gasteiger partial charge in [0.25, 0.3) is 0 Å². The first-order chi connectivity index (χ1) is 3.55. The lowest BCUT2D eigenvalue weighted by atomic mass is 10.5. The summed E-state index contributed by atoms with van der Waals surface area (Å²) >= 11 is 0. The third-order valence-corrected chi connectivity index (χ3v) is 2.65. The summed E-state index contributed by atoms with van der Waals surface area (Å²) in [4.78, 5) is 10.0. The molecule has 0 aromatic rings. The molecule has 0 fully saturated rings. The summed E-state index contributed by atoms with van der Waals surface area (Å²) < 4.78 is 0. The Morgan fingerprint density at radius 3 is 2.00 bits per heavy atom. The third-order valence-electron chi connectivity index (χ3n) is 1.04. The summed E-state index contributed by atoms with van der Waals surface area (Å²) in [6.07, 6.45) is 3.78. The maximum Gasteiger partial charge on any atom is 0.154 e. The fourth-order valence-corrected chi connectivity index (χ4v) is 0.577. The predicted molar refractivity (Wildman–Crippen MR) is 33.7 cm³/mol. The molecule has 0 spiro atoms. The first kappa shape index (κ1) is 7.82. The Hall–Kier alpha value is -0.180. The fourth-order valence-electron chi connectivity index (χ4n) is 0.192. The highest BCUT2D eigenvalue weighted by atomic mass is 32.2. The van der Waals surface area contributed by atoms with Gasteiger partial charge in [-0.05, 0) is 17.8 Å². The van der Waals surface area contributed by atoms with Gasteiger partial charge < -0.3 is 9.90 Å². The molecule has 0 bridgehead atoms. The molecular formula is C5H10O2S. The van der Waals surface area contributed by atoms with Crippen LogP contribution in [-0.4, -0.2) is 23.7 Å². The predicted octanol–water partition coefficient (Wildman–Crippen LogP) is -0.997. The zero-order valence-corrected chi connectivity index (χ0v) is 6.12. The van der Waals surface area contributed by atoms with E-state index in [0.717, 1.165) is 0 Å². The highest BCUT2D eigenvalue weighted by molar-refractivity contribution is 7.96. The molecule has 0 aliphatic carbocycles. The van der Waals surface area contributed by atoms with Gasteiger partial charge in [-0.25, -0.2) is 0 Å². The van der Waals surface area contributed by atoms with Gasteiger partial charge in [-0.1, -0.05) is 0 Å². The molecule has 0 aliphatic heterocycles. The molecule has 1 unspecified atom stereocenters. The van der Waals surface area contributed by atoms with E-state index in [1.807, 2.05) is 12.5 Å². The zero-order chi connectivity index (χ0) is 6.73. The van der Waals surface area contributed by atoms with Crippen LogP contribution in [0.3, 0.4) is 0 Å². The van der Waals surface area contributed by atoms with Gasteiger partial charge in [-0.2, -0.15) is 0 Å². The second-order valence-corrected chi connectivity index (χ2v) is 4.31. The number of carboxylic acids is 1. The van der Waals surface area contributed by atoms with Gasteiger partial charge in [0.1, 0.15) is 0 Å². The summed E-state index contributed by atoms with van der Waals surface area (Å²) in [5, 5.41) is 9.74. The Balaban J connectivity index is 3.64. The van der Waals surface area contributed by atoms with Crippen LogP contribution in [0.1, 0.15) is 6.92 Å². The summed E-state index contributed by atoms with van der Waals surface area (Å²) in [5.74, 6) is -0.946. The van der Waals surface area contributed by atoms with Crippen molar-refractivity contribution >= 4 is 16.9 Å². The second-order valence-electron chi connectivity index (χ2n) is 1.84. The molecule has 0 radical (unpaired) electrons. The molecule has 0 aliphatic rings. The maximum atomic E-state index is 10.0. The van der Waals surface area contributed by atoms with Gasteiger partial charge in [0.15, 0.2) is 5.25 Å². The van der Waals surface area contributed by atoms with E-state index in [0.29, 0.717) is 0 Å². The second kappa shape index (κ2) is 2.97. The van der Waals surface area contributed by atoms with E-state index in [4.69, 9.17) is 0 Å². The Labute approximate surface area is 52.2 Å². The number of hydrogen-bond donors (Lipinski definition) is 0. The van der Waals surface area contributed by atoms with E-state index < -0.39 is 5.97 Å². The highest BCUT2D eigenvalue weighted by Gasteiger charge is 2.14. The Kier molecular flexibility index (Phi) is 2.90. The van der Waals surface area contributed by atoms with E-state index in [2.05, 4.69) is 0 Å². The maximum absolute atomic E-state index is 10.0. The van der Waals surface area contributed by atoms with Crippen LogP contribution in [-0.2, 0) is 15.7 Å². The zero-order valence-electron chi connectivity index (χ0n) is 5.30. The van der Waals surface area contributed by atoms with E-state index in [9.17, 15) is 9.90 Å². The van der Waals surface area contributed by atoms with Crippen LogP contribution in [0, 0.1) is 0 Å². The van der Waals surface area contributed by atoms with Crippen molar-refractivity contribution in [2.24, 2.45) is 0 Å². The summed E-state index contributed by atoms with van der Waals surface area (Å²) in [5.41, 5.74) is 0. The smallest absolute Gasteiger partial charge is 0.154 e. The molecule has 8 heavy (non-hydrogen) atoms. The number of rotatable bonds is 2. The lowest BCUT2D eigenvalue weighted by molar-refractivity contribution is -0.304.